The van der Waals surface area contributed by atoms with Crippen molar-refractivity contribution < 1.29 is 4.79 Å². The van der Waals surface area contributed by atoms with Crippen molar-refractivity contribution in [2.24, 2.45) is 0 Å². The van der Waals surface area contributed by atoms with Gasteiger partial charge in [-0.2, -0.15) is 0 Å². The van der Waals surface area contributed by atoms with Gasteiger partial charge in [-0.3, -0.25) is 4.79 Å². The number of carbonyl (C=O) groups excluding carboxylic acids is 1. The van der Waals surface area contributed by atoms with E-state index in [1.165, 1.54) is 22.3 Å². The van der Waals surface area contributed by atoms with Crippen LogP contribution in [0.5, 0.6) is 0 Å². The Morgan fingerprint density at radius 2 is 1.39 bits per heavy atom. The van der Waals surface area contributed by atoms with Gasteiger partial charge in [0.05, 0.1) is 0 Å². The van der Waals surface area contributed by atoms with Crippen LogP contribution in [0.4, 0.5) is 5.69 Å². The molecule has 0 aromatic heterocycles. The van der Waals surface area contributed by atoms with Crippen molar-refractivity contribution >= 4 is 23.2 Å². The molecule has 0 heterocycles. The molecule has 1 atom stereocenters. The fraction of sp³-hybridized carbons (Fsp3) is 0.240. The zero-order valence-electron chi connectivity index (χ0n) is 16.1. The third-order valence-electron chi connectivity index (χ3n) is 5.56. The summed E-state index contributed by atoms with van der Waals surface area (Å²) in [6, 6.07) is 25.0. The smallest absolute Gasteiger partial charge is 0.249 e. The lowest BCUT2D eigenvalue weighted by atomic mass is 9.95. The van der Waals surface area contributed by atoms with E-state index in [1.807, 2.05) is 37.4 Å². The van der Waals surface area contributed by atoms with E-state index in [4.69, 9.17) is 11.6 Å². The Hall–Kier alpha value is -2.58. The van der Waals surface area contributed by atoms with Gasteiger partial charge >= 0.3 is 0 Å². The highest BCUT2D eigenvalue weighted by Crippen LogP contribution is 2.29. The van der Waals surface area contributed by atoms with Crippen LogP contribution in [0.2, 0.25) is 0 Å². The first-order valence-corrected chi connectivity index (χ1v) is 10.2. The standard InChI is InChI=1S/C25H24ClNO/c1-27(25(28)24(26)22-5-3-2-4-6-22)23-17-20-12-11-18-7-9-19(10-8-18)13-15-21(23)16-14-20/h2-10,14,16-17,24H,11-13,15H2,1H3. The summed E-state index contributed by atoms with van der Waals surface area (Å²) in [7, 11) is 1.84. The van der Waals surface area contributed by atoms with E-state index in [0.29, 0.717) is 0 Å². The predicted molar refractivity (Wildman–Crippen MR) is 116 cm³/mol. The maximum Gasteiger partial charge on any atom is 0.249 e. The topological polar surface area (TPSA) is 20.3 Å². The molecule has 4 aliphatic carbocycles. The monoisotopic (exact) mass is 389 g/mol. The zero-order valence-corrected chi connectivity index (χ0v) is 16.8. The summed E-state index contributed by atoms with van der Waals surface area (Å²) in [5, 5.41) is -0.687. The number of hydrogen-bond acceptors (Lipinski definition) is 1. The second-order valence-electron chi connectivity index (χ2n) is 7.45. The Morgan fingerprint density at radius 1 is 0.821 bits per heavy atom. The lowest BCUT2D eigenvalue weighted by Crippen LogP contribution is -2.30. The number of halogens is 1. The van der Waals surface area contributed by atoms with Gasteiger partial charge < -0.3 is 4.90 Å². The van der Waals surface area contributed by atoms with Crippen LogP contribution >= 0.6 is 11.6 Å². The Balaban J connectivity index is 1.64. The third kappa shape index (κ3) is 3.98. The second kappa shape index (κ2) is 8.20. The van der Waals surface area contributed by atoms with Crippen LogP contribution in [0.25, 0.3) is 0 Å². The highest BCUT2D eigenvalue weighted by molar-refractivity contribution is 6.32. The summed E-state index contributed by atoms with van der Waals surface area (Å²) in [4.78, 5) is 14.8. The molecule has 0 N–H and O–H groups in total. The molecule has 0 radical (unpaired) electrons. The molecule has 1 unspecified atom stereocenters. The minimum atomic E-state index is -0.687. The molecule has 3 heteroatoms. The van der Waals surface area contributed by atoms with E-state index < -0.39 is 5.38 Å². The number of alkyl halides is 1. The molecule has 3 aromatic rings. The van der Waals surface area contributed by atoms with Crippen molar-refractivity contribution in [2.75, 3.05) is 11.9 Å². The highest BCUT2D eigenvalue weighted by Gasteiger charge is 2.24. The molecule has 0 spiro atoms. The Morgan fingerprint density at radius 3 is 2.07 bits per heavy atom. The van der Waals surface area contributed by atoms with E-state index >= 15 is 0 Å². The predicted octanol–water partition coefficient (Wildman–Crippen LogP) is 5.51. The van der Waals surface area contributed by atoms with Crippen molar-refractivity contribution in [3.05, 3.63) is 101 Å². The van der Waals surface area contributed by atoms with Crippen molar-refractivity contribution in [1.82, 2.24) is 0 Å². The lowest BCUT2D eigenvalue weighted by molar-refractivity contribution is -0.118. The summed E-state index contributed by atoms with van der Waals surface area (Å²) in [5.41, 5.74) is 6.90. The number of anilines is 1. The van der Waals surface area contributed by atoms with Gasteiger partial charge in [0.15, 0.2) is 0 Å². The summed E-state index contributed by atoms with van der Waals surface area (Å²) in [5.74, 6) is -0.0956. The number of hydrogen-bond donors (Lipinski definition) is 0. The van der Waals surface area contributed by atoms with E-state index in [-0.39, 0.29) is 5.91 Å². The average molecular weight is 390 g/mol. The van der Waals surface area contributed by atoms with Crippen LogP contribution in [-0.2, 0) is 30.5 Å². The first kappa shape index (κ1) is 18.8. The molecule has 4 bridgehead atoms. The van der Waals surface area contributed by atoms with Crippen LogP contribution in [0.1, 0.15) is 33.2 Å². The number of rotatable bonds is 3. The lowest BCUT2D eigenvalue weighted by Gasteiger charge is -2.24. The zero-order chi connectivity index (χ0) is 19.5. The highest BCUT2D eigenvalue weighted by atomic mass is 35.5. The van der Waals surface area contributed by atoms with Crippen molar-refractivity contribution in [2.45, 2.75) is 31.1 Å². The van der Waals surface area contributed by atoms with E-state index in [2.05, 4.69) is 42.5 Å². The Bertz CT molecular complexity index is 966. The number of amides is 1. The molecule has 0 aliphatic heterocycles. The Labute approximate surface area is 171 Å². The van der Waals surface area contributed by atoms with Gasteiger partial charge in [-0.1, -0.05) is 66.7 Å². The van der Waals surface area contributed by atoms with Crippen molar-refractivity contribution in [3.63, 3.8) is 0 Å². The number of carbonyl (C=O) groups is 1. The first-order valence-electron chi connectivity index (χ1n) is 9.78. The summed E-state index contributed by atoms with van der Waals surface area (Å²) in [6.07, 6.45) is 3.80. The fourth-order valence-corrected chi connectivity index (χ4v) is 4.07. The molecule has 0 saturated carbocycles. The van der Waals surface area contributed by atoms with Crippen LogP contribution in [-0.4, -0.2) is 13.0 Å². The Kier molecular flexibility index (Phi) is 5.50. The fourth-order valence-electron chi connectivity index (χ4n) is 3.78. The van der Waals surface area contributed by atoms with Gasteiger partial charge in [0.2, 0.25) is 5.91 Å². The van der Waals surface area contributed by atoms with Crippen LogP contribution in [0.3, 0.4) is 0 Å². The molecule has 7 rings (SSSR count). The molecule has 0 fully saturated rings. The number of nitrogens with zero attached hydrogens (tertiary/aromatic N) is 1. The normalized spacial score (nSPS) is 14.2. The first-order chi connectivity index (χ1) is 13.6. The van der Waals surface area contributed by atoms with Gasteiger partial charge in [-0.15, -0.1) is 11.6 Å². The van der Waals surface area contributed by atoms with E-state index in [0.717, 1.165) is 36.9 Å². The summed E-state index contributed by atoms with van der Waals surface area (Å²) >= 11 is 6.53. The minimum absolute atomic E-state index is 0.0956. The molecule has 28 heavy (non-hydrogen) atoms. The van der Waals surface area contributed by atoms with E-state index in [1.54, 1.807) is 4.90 Å². The second-order valence-corrected chi connectivity index (χ2v) is 7.89. The SMILES string of the molecule is CN(C(=O)C(Cl)c1ccccc1)c1cc2ccc1CCc1ccc(cc1)CC2. The van der Waals surface area contributed by atoms with Crippen LogP contribution in [0.15, 0.2) is 72.8 Å². The number of aryl methyl sites for hydroxylation is 4. The van der Waals surface area contributed by atoms with Crippen molar-refractivity contribution in [3.8, 4) is 0 Å². The largest absolute Gasteiger partial charge is 0.314 e. The van der Waals surface area contributed by atoms with Gasteiger partial charge in [-0.25, -0.2) is 0 Å². The van der Waals surface area contributed by atoms with Gasteiger partial charge in [-0.05, 0) is 59.6 Å². The number of benzene rings is 3. The molecular weight excluding hydrogens is 366 g/mol. The number of likely N-dealkylation sites (N-methyl/N-ethyl adjacent to an activating group) is 1. The summed E-state index contributed by atoms with van der Waals surface area (Å²) < 4.78 is 0. The molecule has 2 nitrogen and oxygen atoms in total. The van der Waals surface area contributed by atoms with Crippen molar-refractivity contribution in [1.29, 1.82) is 0 Å². The average Bonchev–Trinajstić information content (AvgIpc) is 2.74. The molecular formula is C25H24ClNO. The van der Waals surface area contributed by atoms with Gasteiger partial charge in [0.1, 0.15) is 5.38 Å². The maximum atomic E-state index is 13.1. The van der Waals surface area contributed by atoms with E-state index in [9.17, 15) is 4.79 Å². The quantitative estimate of drug-likeness (QED) is 0.540. The molecule has 4 aliphatic rings. The molecule has 142 valence electrons. The molecule has 0 saturated heterocycles. The third-order valence-corrected chi connectivity index (χ3v) is 6.00. The van der Waals surface area contributed by atoms with Crippen LogP contribution < -0.4 is 4.90 Å². The molecule has 3 aromatic carbocycles. The minimum Gasteiger partial charge on any atom is -0.314 e. The van der Waals surface area contributed by atoms with Gasteiger partial charge in [0, 0.05) is 12.7 Å². The maximum absolute atomic E-state index is 13.1. The summed E-state index contributed by atoms with van der Waals surface area (Å²) in [6.45, 7) is 0. The van der Waals surface area contributed by atoms with Gasteiger partial charge in [0.25, 0.3) is 0 Å². The van der Waals surface area contributed by atoms with Crippen LogP contribution in [0, 0.1) is 0 Å². The molecule has 1 amide bonds.